The van der Waals surface area contributed by atoms with E-state index < -0.39 is 0 Å². The van der Waals surface area contributed by atoms with Gasteiger partial charge in [-0.1, -0.05) is 0 Å². The third-order valence-corrected chi connectivity index (χ3v) is 0.892. The highest BCUT2D eigenvalue weighted by molar-refractivity contribution is 5.03. The van der Waals surface area contributed by atoms with Gasteiger partial charge in [-0.05, 0) is 12.5 Å². The molecule has 0 spiro atoms. The standard InChI is InChI=1S/C6H7NO/c1-6-2-4-7(8)5-3-6/h2-5H,1H3/i4D. The number of aromatic nitrogens is 1. The van der Waals surface area contributed by atoms with E-state index in [9.17, 15) is 5.21 Å². The molecule has 0 saturated carbocycles. The van der Waals surface area contributed by atoms with Crippen LogP contribution in [-0.4, -0.2) is 0 Å². The lowest BCUT2D eigenvalue weighted by atomic mass is 10.3. The third-order valence-electron chi connectivity index (χ3n) is 0.892. The molecule has 1 heterocycles. The van der Waals surface area contributed by atoms with Gasteiger partial charge >= 0.3 is 0 Å². The van der Waals surface area contributed by atoms with E-state index >= 15 is 0 Å². The Labute approximate surface area is 49.4 Å². The minimum absolute atomic E-state index is 0.00463. The van der Waals surface area contributed by atoms with Crippen LogP contribution < -0.4 is 4.73 Å². The van der Waals surface area contributed by atoms with E-state index in [1.54, 1.807) is 6.07 Å². The van der Waals surface area contributed by atoms with E-state index in [4.69, 9.17) is 1.37 Å². The highest BCUT2D eigenvalue weighted by atomic mass is 16.5. The molecular formula is C6H7NO. The van der Waals surface area contributed by atoms with Crippen LogP contribution in [0.25, 0.3) is 0 Å². The Morgan fingerprint density at radius 1 is 1.75 bits per heavy atom. The summed E-state index contributed by atoms with van der Waals surface area (Å²) in [4.78, 5) is 0. The summed E-state index contributed by atoms with van der Waals surface area (Å²) in [7, 11) is 0. The van der Waals surface area contributed by atoms with Crippen molar-refractivity contribution in [3.8, 4) is 0 Å². The topological polar surface area (TPSA) is 26.9 Å². The van der Waals surface area contributed by atoms with E-state index in [0.29, 0.717) is 4.73 Å². The zero-order chi connectivity index (χ0) is 6.85. The van der Waals surface area contributed by atoms with Crippen LogP contribution in [0, 0.1) is 12.1 Å². The van der Waals surface area contributed by atoms with Crippen LogP contribution in [0.4, 0.5) is 0 Å². The van der Waals surface area contributed by atoms with Gasteiger partial charge < -0.3 is 5.21 Å². The van der Waals surface area contributed by atoms with Gasteiger partial charge in [-0.3, -0.25) is 0 Å². The molecule has 0 saturated heterocycles. The fourth-order valence-electron chi connectivity index (χ4n) is 0.442. The number of nitrogens with zero attached hydrogens (tertiary/aromatic N) is 1. The summed E-state index contributed by atoms with van der Waals surface area (Å²) in [6.45, 7) is 1.85. The van der Waals surface area contributed by atoms with Gasteiger partial charge in [0.2, 0.25) is 0 Å². The zero-order valence-electron chi connectivity index (χ0n) is 5.59. The SMILES string of the molecule is [2H]c1cc(C)cc[n+]1[O-]. The fourth-order valence-corrected chi connectivity index (χ4v) is 0.442. The normalized spacial score (nSPS) is 10.9. The maximum absolute atomic E-state index is 10.5. The molecule has 42 valence electrons. The van der Waals surface area contributed by atoms with Crippen molar-refractivity contribution in [1.29, 1.82) is 0 Å². The van der Waals surface area contributed by atoms with Crippen molar-refractivity contribution in [1.82, 2.24) is 0 Å². The van der Waals surface area contributed by atoms with Crippen molar-refractivity contribution in [2.75, 3.05) is 0 Å². The molecule has 0 aliphatic heterocycles. The predicted molar refractivity (Wildman–Crippen MR) is 30.1 cm³/mol. The quantitative estimate of drug-likeness (QED) is 0.355. The van der Waals surface area contributed by atoms with Gasteiger partial charge in [-0.2, -0.15) is 4.73 Å². The molecule has 0 fully saturated rings. The van der Waals surface area contributed by atoms with E-state index in [1.165, 1.54) is 12.3 Å². The van der Waals surface area contributed by atoms with Crippen LogP contribution >= 0.6 is 0 Å². The van der Waals surface area contributed by atoms with Crippen molar-refractivity contribution in [3.05, 3.63) is 35.3 Å². The molecule has 2 heteroatoms. The lowest BCUT2D eigenvalue weighted by Crippen LogP contribution is -2.23. The smallest absolute Gasteiger partial charge is 0.180 e. The molecule has 0 aliphatic rings. The van der Waals surface area contributed by atoms with Gasteiger partial charge in [-0.25, -0.2) is 0 Å². The Balaban J connectivity index is 3.17. The lowest BCUT2D eigenvalue weighted by Gasteiger charge is -1.92. The van der Waals surface area contributed by atoms with Gasteiger partial charge in [0.1, 0.15) is 1.37 Å². The molecule has 0 amide bonds. The highest BCUT2D eigenvalue weighted by Crippen LogP contribution is 1.87. The lowest BCUT2D eigenvalue weighted by molar-refractivity contribution is -0.605. The molecule has 0 N–H and O–H groups in total. The molecule has 0 radical (unpaired) electrons. The molecule has 0 aliphatic carbocycles. The Hall–Kier alpha value is -1.05. The second-order valence-corrected chi connectivity index (χ2v) is 1.66. The van der Waals surface area contributed by atoms with Crippen LogP contribution in [0.2, 0.25) is 0 Å². The number of hydrogen-bond donors (Lipinski definition) is 0. The number of aryl methyl sites for hydroxylation is 1. The fraction of sp³-hybridized carbons (Fsp3) is 0.167. The Kier molecular flexibility index (Phi) is 0.886. The third kappa shape index (κ3) is 0.964. The van der Waals surface area contributed by atoms with Crippen LogP contribution in [0.15, 0.2) is 24.5 Å². The molecule has 0 aromatic carbocycles. The molecule has 1 aromatic heterocycles. The van der Waals surface area contributed by atoms with Gasteiger partial charge in [0.15, 0.2) is 12.4 Å². The summed E-state index contributed by atoms with van der Waals surface area (Å²) in [6, 6.07) is 3.19. The molecule has 0 atom stereocenters. The average molecular weight is 110 g/mol. The minimum Gasteiger partial charge on any atom is -0.619 e. The largest absolute Gasteiger partial charge is 0.619 e. The van der Waals surface area contributed by atoms with E-state index in [-0.39, 0.29) is 6.17 Å². The molecule has 1 aromatic rings. The van der Waals surface area contributed by atoms with Gasteiger partial charge in [0.05, 0.1) is 0 Å². The highest BCUT2D eigenvalue weighted by Gasteiger charge is 1.83. The van der Waals surface area contributed by atoms with Crippen molar-refractivity contribution in [2.45, 2.75) is 6.92 Å². The second kappa shape index (κ2) is 1.82. The number of rotatable bonds is 0. The summed E-state index contributed by atoms with van der Waals surface area (Å²) in [5.74, 6) is 0. The maximum atomic E-state index is 10.5. The van der Waals surface area contributed by atoms with Crippen LogP contribution in [0.1, 0.15) is 6.93 Å². The number of pyridine rings is 1. The Bertz CT molecular complexity index is 224. The Morgan fingerprint density at radius 2 is 2.50 bits per heavy atom. The first-order chi connectivity index (χ1) is 4.20. The van der Waals surface area contributed by atoms with Crippen molar-refractivity contribution in [3.63, 3.8) is 0 Å². The van der Waals surface area contributed by atoms with Gasteiger partial charge in [0, 0.05) is 12.1 Å². The van der Waals surface area contributed by atoms with Crippen molar-refractivity contribution in [2.24, 2.45) is 0 Å². The van der Waals surface area contributed by atoms with E-state index in [0.717, 1.165) is 5.56 Å². The molecule has 0 unspecified atom stereocenters. The average Bonchev–Trinajstić information content (AvgIpc) is 1.80. The van der Waals surface area contributed by atoms with Crippen LogP contribution in [0.3, 0.4) is 0 Å². The molecule has 8 heavy (non-hydrogen) atoms. The summed E-state index contributed by atoms with van der Waals surface area (Å²) in [5, 5.41) is 10.5. The van der Waals surface area contributed by atoms with E-state index in [2.05, 4.69) is 0 Å². The maximum Gasteiger partial charge on any atom is 0.180 e. The molecule has 2 nitrogen and oxygen atoms in total. The van der Waals surface area contributed by atoms with Crippen LogP contribution in [-0.2, 0) is 0 Å². The molecule has 1 rings (SSSR count). The first-order valence-corrected chi connectivity index (χ1v) is 2.36. The first-order valence-electron chi connectivity index (χ1n) is 2.86. The number of hydrogen-bond acceptors (Lipinski definition) is 1. The Morgan fingerprint density at radius 3 is 3.00 bits per heavy atom. The first kappa shape index (κ1) is 3.89. The monoisotopic (exact) mass is 110 g/mol. The van der Waals surface area contributed by atoms with Crippen molar-refractivity contribution < 1.29 is 6.10 Å². The summed E-state index contributed by atoms with van der Waals surface area (Å²) >= 11 is 0. The summed E-state index contributed by atoms with van der Waals surface area (Å²) in [5.41, 5.74) is 0.937. The van der Waals surface area contributed by atoms with Gasteiger partial charge in [-0.15, -0.1) is 0 Å². The molecule has 0 bridgehead atoms. The predicted octanol–water partition coefficient (Wildman–Crippen LogP) is 0.628. The minimum atomic E-state index is -0.00463. The summed E-state index contributed by atoms with van der Waals surface area (Å²) in [6.07, 6.45) is 1.33. The second-order valence-electron chi connectivity index (χ2n) is 1.66. The van der Waals surface area contributed by atoms with Crippen LogP contribution in [0.5, 0.6) is 0 Å². The zero-order valence-corrected chi connectivity index (χ0v) is 4.59. The van der Waals surface area contributed by atoms with Gasteiger partial charge in [0.25, 0.3) is 0 Å². The molecular weight excluding hydrogens is 102 g/mol. The van der Waals surface area contributed by atoms with E-state index in [1.807, 2.05) is 6.92 Å². The summed E-state index contributed by atoms with van der Waals surface area (Å²) < 4.78 is 7.53. The van der Waals surface area contributed by atoms with Crippen molar-refractivity contribution >= 4 is 0 Å².